The molecule has 60 heavy (non-hydrogen) atoms. The Hall–Kier alpha value is -3.05. The Morgan fingerprint density at radius 3 is 1.88 bits per heavy atom. The van der Waals surface area contributed by atoms with Crippen LogP contribution >= 0.6 is 80.9 Å². The first-order valence-electron chi connectivity index (χ1n) is 18.2. The van der Waals surface area contributed by atoms with Gasteiger partial charge in [0.1, 0.15) is 5.71 Å². The fourth-order valence-electron chi connectivity index (χ4n) is 6.75. The molecule has 3 aliphatic heterocycles. The van der Waals surface area contributed by atoms with Crippen LogP contribution in [-0.4, -0.2) is 48.0 Å². The summed E-state index contributed by atoms with van der Waals surface area (Å²) in [5, 5.41) is 22.8. The van der Waals surface area contributed by atoms with E-state index >= 15 is 0 Å². The van der Waals surface area contributed by atoms with Crippen LogP contribution in [0.25, 0.3) is 0 Å². The number of halogens is 9. The number of nitrogens with zero attached hydrogens (tertiary/aromatic N) is 2. The van der Waals surface area contributed by atoms with Gasteiger partial charge in [-0.2, -0.15) is 13.2 Å². The molecule has 2 atom stereocenters. The van der Waals surface area contributed by atoms with Crippen molar-refractivity contribution in [3.05, 3.63) is 116 Å². The number of benzene rings is 3. The van der Waals surface area contributed by atoms with Gasteiger partial charge >= 0.3 is 13.3 Å². The number of carbonyl (C=O) groups is 2. The smallest absolute Gasteiger partial charge is 0.423 e. The van der Waals surface area contributed by atoms with Gasteiger partial charge in [0.2, 0.25) is 0 Å². The molecule has 0 aliphatic carbocycles. The van der Waals surface area contributed by atoms with E-state index in [1.165, 1.54) is 0 Å². The van der Waals surface area contributed by atoms with Crippen molar-refractivity contribution >= 4 is 117 Å². The second-order valence-electron chi connectivity index (χ2n) is 15.3. The summed E-state index contributed by atoms with van der Waals surface area (Å²) < 4.78 is 42.3. The number of carbonyl (C=O) groups excluding carboxylic acids is 2. The minimum Gasteiger partial charge on any atom is -0.423 e. The van der Waals surface area contributed by atoms with Gasteiger partial charge < -0.3 is 24.7 Å². The Bertz CT molecular complexity index is 2400. The van der Waals surface area contributed by atoms with Crippen molar-refractivity contribution in [2.75, 3.05) is 6.54 Å². The second-order valence-corrected chi connectivity index (χ2v) is 18.8. The summed E-state index contributed by atoms with van der Waals surface area (Å²) in [6, 6.07) is 14.4. The molecule has 9 nitrogen and oxygen atoms in total. The molecule has 4 aromatic rings. The van der Waals surface area contributed by atoms with E-state index in [2.05, 4.69) is 15.6 Å². The van der Waals surface area contributed by atoms with Crippen molar-refractivity contribution in [3.63, 3.8) is 0 Å². The molecule has 2 N–H and O–H groups in total. The van der Waals surface area contributed by atoms with Gasteiger partial charge in [-0.3, -0.25) is 9.59 Å². The van der Waals surface area contributed by atoms with E-state index in [0.29, 0.717) is 54.5 Å². The number of hydrogen-bond donors (Lipinski definition) is 2. The molecule has 1 aromatic heterocycles. The minimum absolute atomic E-state index is 0.242. The van der Waals surface area contributed by atoms with Crippen LogP contribution < -0.4 is 10.8 Å². The maximum atomic E-state index is 12.5. The van der Waals surface area contributed by atoms with Crippen LogP contribution in [0.2, 0.25) is 30.1 Å². The average Bonchev–Trinajstić information content (AvgIpc) is 3.94. The molecule has 20 heteroatoms. The predicted octanol–water partition coefficient (Wildman–Crippen LogP) is 11.3. The molecule has 0 fully saturated rings. The third-order valence-electron chi connectivity index (χ3n) is 10.2. The molecular formula is C40H35BCl6F3N3O6S. The summed E-state index contributed by atoms with van der Waals surface area (Å²) in [5.74, 6) is -1.23. The lowest BCUT2D eigenvalue weighted by Gasteiger charge is -2.23. The van der Waals surface area contributed by atoms with Crippen LogP contribution in [0.1, 0.15) is 95.7 Å². The summed E-state index contributed by atoms with van der Waals surface area (Å²) in [6.45, 7) is 8.86. The van der Waals surface area contributed by atoms with Crippen molar-refractivity contribution in [1.82, 2.24) is 5.32 Å². The zero-order chi connectivity index (χ0) is 44.1. The van der Waals surface area contributed by atoms with Crippen LogP contribution in [0.3, 0.4) is 0 Å². The standard InChI is InChI=1S/C21H18Cl3F3N2O3S.C19H17BCl3NO3/c1-10-5-16(33-18(10)19(31)28-9-12(30)3-4-21(25,26)27)15-8-20(2,32-29-15)11-6-13(22)17(24)14(23)7-11;1-18(2)12-6-10(4-5-13(12)20(25)26-18)16-9-19(3,27-24-16)11-7-14(21)17(23)15(22)8-11/h5-7H,3-4,8-9H2,1-2H3,(H,28,31);4-8,25H,9H2,1-3H3/t20-;19-/m00/s1. The van der Waals surface area contributed by atoms with Crippen LogP contribution in [0, 0.1) is 6.92 Å². The van der Waals surface area contributed by atoms with E-state index in [1.807, 2.05) is 45.9 Å². The van der Waals surface area contributed by atoms with Crippen LogP contribution in [0.4, 0.5) is 13.2 Å². The number of aryl methyl sites for hydroxylation is 1. The fourth-order valence-corrected chi connectivity index (χ4v) is 9.01. The lowest BCUT2D eigenvalue weighted by Crippen LogP contribution is -2.29. The number of hydrogen-bond acceptors (Lipinski definition) is 9. The number of alkyl halides is 3. The zero-order valence-electron chi connectivity index (χ0n) is 32.4. The van der Waals surface area contributed by atoms with Gasteiger partial charge in [-0.15, -0.1) is 11.3 Å². The molecule has 1 amide bonds. The van der Waals surface area contributed by atoms with Gasteiger partial charge in [-0.05, 0) is 93.2 Å². The number of amides is 1. The summed E-state index contributed by atoms with van der Waals surface area (Å²) in [4.78, 5) is 36.6. The monoisotopic (exact) mass is 963 g/mol. The molecule has 0 spiro atoms. The summed E-state index contributed by atoms with van der Waals surface area (Å²) in [6.07, 6.45) is -5.39. The first-order valence-corrected chi connectivity index (χ1v) is 21.3. The molecule has 4 heterocycles. The first kappa shape index (κ1) is 46.5. The maximum absolute atomic E-state index is 12.5. The van der Waals surface area contributed by atoms with Gasteiger partial charge in [0, 0.05) is 30.4 Å². The highest BCUT2D eigenvalue weighted by atomic mass is 35.5. The van der Waals surface area contributed by atoms with E-state index in [1.54, 1.807) is 37.3 Å². The average molecular weight is 966 g/mol. The fraction of sp³-hybridized carbons (Fsp3) is 0.350. The number of thiophene rings is 1. The first-order chi connectivity index (χ1) is 27.9. The lowest BCUT2D eigenvalue weighted by molar-refractivity contribution is -0.142. The Morgan fingerprint density at radius 2 is 1.35 bits per heavy atom. The molecule has 0 bridgehead atoms. The second kappa shape index (κ2) is 17.6. The normalized spacial score (nSPS) is 20.4. The highest BCUT2D eigenvalue weighted by Crippen LogP contribution is 2.43. The molecular weight excluding hydrogens is 931 g/mol. The van der Waals surface area contributed by atoms with E-state index in [0.717, 1.165) is 39.2 Å². The summed E-state index contributed by atoms with van der Waals surface area (Å²) in [5.41, 5.74) is 4.08. The predicted molar refractivity (Wildman–Crippen MR) is 232 cm³/mol. The van der Waals surface area contributed by atoms with Crippen molar-refractivity contribution in [2.45, 2.75) is 83.3 Å². The third kappa shape index (κ3) is 10.1. The van der Waals surface area contributed by atoms with Crippen molar-refractivity contribution < 1.29 is 42.1 Å². The molecule has 0 unspecified atom stereocenters. The Morgan fingerprint density at radius 1 is 0.833 bits per heavy atom. The zero-order valence-corrected chi connectivity index (χ0v) is 37.8. The maximum Gasteiger partial charge on any atom is 0.492 e. The Labute approximate surface area is 378 Å². The topological polar surface area (TPSA) is 119 Å². The van der Waals surface area contributed by atoms with Crippen LogP contribution in [-0.2, 0) is 35.9 Å². The van der Waals surface area contributed by atoms with Gasteiger partial charge in [0.15, 0.2) is 17.0 Å². The number of rotatable bonds is 9. The number of nitrogens with one attached hydrogen (secondary N) is 1. The number of Topliss-reactive ketones (excluding diaryl/α,β-unsaturated/α-hetero) is 1. The van der Waals surface area contributed by atoms with Crippen molar-refractivity contribution in [2.24, 2.45) is 10.3 Å². The number of fused-ring (bicyclic) bond motifs is 1. The van der Waals surface area contributed by atoms with Crippen LogP contribution in [0.15, 0.2) is 58.8 Å². The van der Waals surface area contributed by atoms with E-state index in [4.69, 9.17) is 83.9 Å². The molecule has 7 rings (SSSR count). The molecule has 0 saturated heterocycles. The highest BCUT2D eigenvalue weighted by Gasteiger charge is 2.43. The number of oxime groups is 2. The Kier molecular flexibility index (Phi) is 13.6. The molecule has 3 aliphatic rings. The van der Waals surface area contributed by atoms with Crippen LogP contribution in [0.5, 0.6) is 0 Å². The van der Waals surface area contributed by atoms with E-state index in [9.17, 15) is 27.8 Å². The minimum atomic E-state index is -4.42. The quantitative estimate of drug-likeness (QED) is 0.127. The van der Waals surface area contributed by atoms with Gasteiger partial charge in [0.25, 0.3) is 5.91 Å². The SMILES string of the molecule is CC1(C)OB(O)c2ccc(C3=NO[C@](C)(c4cc(Cl)c(Cl)c(Cl)c4)C3)cc21.Cc1cc(C2=NO[C@](C)(c3cc(Cl)c(Cl)c(Cl)c3)C2)sc1C(=O)NCC(=O)CCC(F)(F)F. The van der Waals surface area contributed by atoms with Gasteiger partial charge in [0.05, 0.1) is 64.2 Å². The van der Waals surface area contributed by atoms with Gasteiger partial charge in [-0.1, -0.05) is 92.0 Å². The van der Waals surface area contributed by atoms with E-state index < -0.39 is 61.2 Å². The Balaban J connectivity index is 0.000000205. The molecule has 0 radical (unpaired) electrons. The highest BCUT2D eigenvalue weighted by molar-refractivity contribution is 7.16. The molecule has 318 valence electrons. The van der Waals surface area contributed by atoms with Gasteiger partial charge in [-0.25, -0.2) is 0 Å². The molecule has 0 saturated carbocycles. The third-order valence-corrected chi connectivity index (χ3v) is 13.8. The lowest BCUT2D eigenvalue weighted by atomic mass is 9.77. The molecule has 3 aromatic carbocycles. The summed E-state index contributed by atoms with van der Waals surface area (Å²) >= 11 is 37.8. The van der Waals surface area contributed by atoms with E-state index in [-0.39, 0.29) is 15.1 Å². The van der Waals surface area contributed by atoms with Crippen molar-refractivity contribution in [3.8, 4) is 0 Å². The largest absolute Gasteiger partial charge is 0.492 e. The van der Waals surface area contributed by atoms with Crippen molar-refractivity contribution in [1.29, 1.82) is 0 Å². The number of ketones is 1. The summed E-state index contributed by atoms with van der Waals surface area (Å²) in [7, 11) is -0.908.